The summed E-state index contributed by atoms with van der Waals surface area (Å²) in [6, 6.07) is 5.33. The van der Waals surface area contributed by atoms with Crippen LogP contribution in [0.25, 0.3) is 0 Å². The highest BCUT2D eigenvalue weighted by Gasteiger charge is 2.35. The summed E-state index contributed by atoms with van der Waals surface area (Å²) in [5, 5.41) is 0. The van der Waals surface area contributed by atoms with Gasteiger partial charge >= 0.3 is 6.18 Å². The predicted octanol–water partition coefficient (Wildman–Crippen LogP) is 4.18. The molecule has 3 nitrogen and oxygen atoms in total. The first-order chi connectivity index (χ1) is 11.4. The van der Waals surface area contributed by atoms with E-state index in [1.165, 1.54) is 6.07 Å². The van der Waals surface area contributed by atoms with E-state index in [-0.39, 0.29) is 11.5 Å². The number of benzene rings is 1. The standard InChI is InChI=1S/C18H15F3N2O/c19-18(20,21)13-4-3-12-6-8-23(17(24)15(12)9-13)16-10-22-7-5-14(16)11-1-2-11/h3-5,7,9-11H,1-2,6,8H2. The Morgan fingerprint density at radius 1 is 1.17 bits per heavy atom. The molecule has 24 heavy (non-hydrogen) atoms. The predicted molar refractivity (Wildman–Crippen MR) is 83.0 cm³/mol. The summed E-state index contributed by atoms with van der Waals surface area (Å²) < 4.78 is 38.8. The van der Waals surface area contributed by atoms with Gasteiger partial charge in [-0.1, -0.05) is 6.07 Å². The molecule has 0 unspecified atom stereocenters. The van der Waals surface area contributed by atoms with Crippen LogP contribution in [0.1, 0.15) is 45.8 Å². The summed E-state index contributed by atoms with van der Waals surface area (Å²) in [6.45, 7) is 0.461. The third-order valence-corrected chi connectivity index (χ3v) is 4.66. The van der Waals surface area contributed by atoms with Crippen LogP contribution >= 0.6 is 0 Å². The molecule has 1 aliphatic carbocycles. The molecule has 0 bridgehead atoms. The van der Waals surface area contributed by atoms with Crippen LogP contribution in [-0.2, 0) is 12.6 Å². The molecular weight excluding hydrogens is 317 g/mol. The van der Waals surface area contributed by atoms with Gasteiger partial charge in [0.15, 0.2) is 0 Å². The molecule has 4 rings (SSSR count). The lowest BCUT2D eigenvalue weighted by molar-refractivity contribution is -0.137. The quantitative estimate of drug-likeness (QED) is 0.826. The maximum Gasteiger partial charge on any atom is 0.416 e. The topological polar surface area (TPSA) is 33.2 Å². The van der Waals surface area contributed by atoms with E-state index in [0.717, 1.165) is 36.2 Å². The van der Waals surface area contributed by atoms with Gasteiger partial charge in [0.25, 0.3) is 5.91 Å². The summed E-state index contributed by atoms with van der Waals surface area (Å²) >= 11 is 0. The fraction of sp³-hybridized carbons (Fsp3) is 0.333. The van der Waals surface area contributed by atoms with Crippen molar-refractivity contribution < 1.29 is 18.0 Å². The summed E-state index contributed by atoms with van der Waals surface area (Å²) in [5.41, 5.74) is 1.81. The Balaban J connectivity index is 1.74. The molecule has 1 aromatic heterocycles. The first-order valence-corrected chi connectivity index (χ1v) is 7.91. The van der Waals surface area contributed by atoms with Gasteiger partial charge in [-0.05, 0) is 54.5 Å². The van der Waals surface area contributed by atoms with E-state index in [0.29, 0.717) is 24.4 Å². The van der Waals surface area contributed by atoms with Gasteiger partial charge in [0, 0.05) is 18.3 Å². The van der Waals surface area contributed by atoms with Crippen molar-refractivity contribution in [1.29, 1.82) is 0 Å². The molecule has 1 amide bonds. The number of aromatic nitrogens is 1. The van der Waals surface area contributed by atoms with Crippen molar-refractivity contribution in [2.75, 3.05) is 11.4 Å². The van der Waals surface area contributed by atoms with Crippen LogP contribution < -0.4 is 4.90 Å². The van der Waals surface area contributed by atoms with E-state index < -0.39 is 11.7 Å². The minimum absolute atomic E-state index is 0.140. The number of carbonyl (C=O) groups excluding carboxylic acids is 1. The van der Waals surface area contributed by atoms with Crippen LogP contribution in [0.3, 0.4) is 0 Å². The van der Waals surface area contributed by atoms with Crippen LogP contribution in [-0.4, -0.2) is 17.4 Å². The number of fused-ring (bicyclic) bond motifs is 1. The third kappa shape index (κ3) is 2.56. The van der Waals surface area contributed by atoms with Gasteiger partial charge in [0.05, 0.1) is 17.4 Å². The zero-order valence-electron chi connectivity index (χ0n) is 12.8. The number of halogens is 3. The van der Waals surface area contributed by atoms with Crippen LogP contribution in [0, 0.1) is 0 Å². The first kappa shape index (κ1) is 15.2. The molecule has 1 aliphatic heterocycles. The summed E-state index contributed by atoms with van der Waals surface area (Å²) in [6.07, 6.45) is 1.58. The van der Waals surface area contributed by atoms with Crippen LogP contribution in [0.15, 0.2) is 36.7 Å². The Morgan fingerprint density at radius 3 is 2.67 bits per heavy atom. The van der Waals surface area contributed by atoms with Gasteiger partial charge in [-0.15, -0.1) is 0 Å². The van der Waals surface area contributed by atoms with Crippen molar-refractivity contribution in [2.24, 2.45) is 0 Å². The molecule has 0 radical (unpaired) electrons. The number of pyridine rings is 1. The molecule has 0 saturated heterocycles. The smallest absolute Gasteiger partial charge is 0.306 e. The van der Waals surface area contributed by atoms with Gasteiger partial charge in [0.1, 0.15) is 0 Å². The van der Waals surface area contributed by atoms with E-state index >= 15 is 0 Å². The molecule has 0 N–H and O–H groups in total. The largest absolute Gasteiger partial charge is 0.416 e. The van der Waals surface area contributed by atoms with Crippen molar-refractivity contribution >= 4 is 11.6 Å². The molecule has 0 spiro atoms. The molecule has 1 fully saturated rings. The number of hydrogen-bond donors (Lipinski definition) is 0. The highest BCUT2D eigenvalue weighted by Crippen LogP contribution is 2.44. The van der Waals surface area contributed by atoms with Crippen molar-refractivity contribution in [3.63, 3.8) is 0 Å². The lowest BCUT2D eigenvalue weighted by Gasteiger charge is -2.30. The van der Waals surface area contributed by atoms with Crippen molar-refractivity contribution in [3.8, 4) is 0 Å². The maximum atomic E-state index is 12.9. The molecule has 124 valence electrons. The molecule has 1 aromatic carbocycles. The van der Waals surface area contributed by atoms with Crippen molar-refractivity contribution in [1.82, 2.24) is 4.98 Å². The zero-order valence-corrected chi connectivity index (χ0v) is 12.8. The van der Waals surface area contributed by atoms with Gasteiger partial charge < -0.3 is 4.90 Å². The molecule has 1 saturated carbocycles. The van der Waals surface area contributed by atoms with E-state index in [4.69, 9.17) is 0 Å². The monoisotopic (exact) mass is 332 g/mol. The maximum absolute atomic E-state index is 12.9. The number of rotatable bonds is 2. The highest BCUT2D eigenvalue weighted by molar-refractivity contribution is 6.08. The fourth-order valence-electron chi connectivity index (χ4n) is 3.24. The summed E-state index contributed by atoms with van der Waals surface area (Å²) in [5.74, 6) is 0.0518. The third-order valence-electron chi connectivity index (χ3n) is 4.66. The Morgan fingerprint density at radius 2 is 1.96 bits per heavy atom. The van der Waals surface area contributed by atoms with Crippen LogP contribution in [0.5, 0.6) is 0 Å². The Hall–Kier alpha value is -2.37. The minimum Gasteiger partial charge on any atom is -0.306 e. The van der Waals surface area contributed by atoms with Crippen molar-refractivity contribution in [3.05, 3.63) is 58.9 Å². The van der Waals surface area contributed by atoms with E-state index in [9.17, 15) is 18.0 Å². The SMILES string of the molecule is O=C1c2cc(C(F)(F)F)ccc2CCN1c1cnccc1C1CC1. The summed E-state index contributed by atoms with van der Waals surface area (Å²) in [4.78, 5) is 18.5. The fourth-order valence-corrected chi connectivity index (χ4v) is 3.24. The molecule has 0 atom stereocenters. The lowest BCUT2D eigenvalue weighted by Crippen LogP contribution is -2.38. The minimum atomic E-state index is -4.45. The normalized spacial score (nSPS) is 17.8. The Kier molecular flexibility index (Phi) is 3.37. The average molecular weight is 332 g/mol. The molecule has 2 aliphatic rings. The number of alkyl halides is 3. The van der Waals surface area contributed by atoms with Crippen LogP contribution in [0.2, 0.25) is 0 Å². The van der Waals surface area contributed by atoms with Crippen LogP contribution in [0.4, 0.5) is 18.9 Å². The highest BCUT2D eigenvalue weighted by atomic mass is 19.4. The van der Waals surface area contributed by atoms with Gasteiger partial charge in [0.2, 0.25) is 0 Å². The Bertz CT molecular complexity index is 812. The van der Waals surface area contributed by atoms with Gasteiger partial charge in [-0.25, -0.2) is 0 Å². The molecule has 2 aromatic rings. The second-order valence-corrected chi connectivity index (χ2v) is 6.29. The lowest BCUT2D eigenvalue weighted by atomic mass is 9.95. The number of amides is 1. The number of anilines is 1. The number of hydrogen-bond acceptors (Lipinski definition) is 2. The van der Waals surface area contributed by atoms with Gasteiger partial charge in [-0.2, -0.15) is 13.2 Å². The molecular formula is C18H15F3N2O. The number of nitrogens with zero attached hydrogens (tertiary/aromatic N) is 2. The second kappa shape index (κ2) is 5.33. The Labute approximate surface area is 137 Å². The number of carbonyl (C=O) groups is 1. The zero-order chi connectivity index (χ0) is 16.9. The first-order valence-electron chi connectivity index (χ1n) is 7.91. The van der Waals surface area contributed by atoms with E-state index in [2.05, 4.69) is 4.98 Å². The average Bonchev–Trinajstić information content (AvgIpc) is 3.39. The van der Waals surface area contributed by atoms with Crippen molar-refractivity contribution in [2.45, 2.75) is 31.4 Å². The molecule has 6 heteroatoms. The summed E-state index contributed by atoms with van der Waals surface area (Å²) in [7, 11) is 0. The molecule has 2 heterocycles. The van der Waals surface area contributed by atoms with E-state index in [1.54, 1.807) is 17.3 Å². The van der Waals surface area contributed by atoms with Gasteiger partial charge in [-0.3, -0.25) is 9.78 Å². The van der Waals surface area contributed by atoms with E-state index in [1.807, 2.05) is 6.07 Å². The second-order valence-electron chi connectivity index (χ2n) is 6.29.